The number of thioether (sulfide) groups is 2. The topological polar surface area (TPSA) is 35.2 Å². The molecule has 2 N–H and O–H groups in total. The van der Waals surface area contributed by atoms with Crippen LogP contribution in [0, 0.1) is 0 Å². The van der Waals surface area contributed by atoms with Crippen LogP contribution in [0.15, 0.2) is 24.3 Å². The Morgan fingerprint density at radius 1 is 1.41 bits per heavy atom. The van der Waals surface area contributed by atoms with Gasteiger partial charge < -0.3 is 10.5 Å². The highest BCUT2D eigenvalue weighted by atomic mass is 32.2. The summed E-state index contributed by atoms with van der Waals surface area (Å²) in [6.45, 7) is 0. The van der Waals surface area contributed by atoms with Crippen molar-refractivity contribution >= 4 is 23.5 Å². The smallest absolute Gasteiger partial charge is 0.122 e. The summed E-state index contributed by atoms with van der Waals surface area (Å²) in [4.78, 5) is 0. The highest BCUT2D eigenvalue weighted by Gasteiger charge is 2.22. The Labute approximate surface area is 112 Å². The average molecular weight is 269 g/mol. The Morgan fingerprint density at radius 3 is 2.94 bits per heavy atom. The number of rotatable bonds is 4. The van der Waals surface area contributed by atoms with Crippen molar-refractivity contribution < 1.29 is 4.74 Å². The minimum absolute atomic E-state index is 0.226. The standard InChI is InChI=1S/C13H19NOS2/c1-15-12-5-3-2-4-10(12)8-11(14)13-9-16-6-7-17-13/h2-5,11,13H,6-9,14H2,1H3. The third kappa shape index (κ3) is 3.57. The molecule has 2 nitrogen and oxygen atoms in total. The lowest BCUT2D eigenvalue weighted by Gasteiger charge is -2.27. The van der Waals surface area contributed by atoms with E-state index in [0.29, 0.717) is 5.25 Å². The number of benzene rings is 1. The molecule has 17 heavy (non-hydrogen) atoms. The summed E-state index contributed by atoms with van der Waals surface area (Å²) in [6.07, 6.45) is 0.905. The normalized spacial score (nSPS) is 22.1. The Morgan fingerprint density at radius 2 is 2.24 bits per heavy atom. The van der Waals surface area contributed by atoms with Crippen LogP contribution in [-0.2, 0) is 6.42 Å². The maximum absolute atomic E-state index is 6.31. The van der Waals surface area contributed by atoms with Gasteiger partial charge in [0.05, 0.1) is 7.11 Å². The monoisotopic (exact) mass is 269 g/mol. The second-order valence-corrected chi connectivity index (χ2v) is 6.66. The van der Waals surface area contributed by atoms with Crippen molar-refractivity contribution in [2.24, 2.45) is 5.73 Å². The number of ether oxygens (including phenoxy) is 1. The lowest BCUT2D eigenvalue weighted by Crippen LogP contribution is -2.38. The molecule has 0 radical (unpaired) electrons. The van der Waals surface area contributed by atoms with Gasteiger partial charge in [0, 0.05) is 28.6 Å². The summed E-state index contributed by atoms with van der Waals surface area (Å²) >= 11 is 4.04. The molecule has 0 aromatic heterocycles. The van der Waals surface area contributed by atoms with Crippen molar-refractivity contribution in [3.8, 4) is 5.75 Å². The molecule has 1 aromatic carbocycles. The fraction of sp³-hybridized carbons (Fsp3) is 0.538. The second-order valence-electron chi connectivity index (χ2n) is 4.16. The second kappa shape index (κ2) is 6.57. The average Bonchev–Trinajstić information content (AvgIpc) is 2.40. The molecule has 1 heterocycles. The quantitative estimate of drug-likeness (QED) is 0.910. The molecule has 94 valence electrons. The zero-order valence-corrected chi connectivity index (χ0v) is 11.7. The Hall–Kier alpha value is -0.320. The van der Waals surface area contributed by atoms with E-state index >= 15 is 0 Å². The van der Waals surface area contributed by atoms with E-state index in [1.807, 2.05) is 41.7 Å². The van der Waals surface area contributed by atoms with Gasteiger partial charge in [0.1, 0.15) is 5.75 Å². The molecule has 2 rings (SSSR count). The molecular formula is C13H19NOS2. The van der Waals surface area contributed by atoms with Gasteiger partial charge in [0.25, 0.3) is 0 Å². The first kappa shape index (κ1) is 13.1. The van der Waals surface area contributed by atoms with Crippen LogP contribution in [-0.4, -0.2) is 35.7 Å². The summed E-state index contributed by atoms with van der Waals surface area (Å²) < 4.78 is 5.37. The van der Waals surface area contributed by atoms with Crippen LogP contribution in [0.25, 0.3) is 0 Å². The number of nitrogens with two attached hydrogens (primary N) is 1. The molecule has 0 bridgehead atoms. The van der Waals surface area contributed by atoms with Crippen molar-refractivity contribution in [2.45, 2.75) is 17.7 Å². The van der Waals surface area contributed by atoms with Gasteiger partial charge in [-0.25, -0.2) is 0 Å². The highest BCUT2D eigenvalue weighted by molar-refractivity contribution is 8.06. The van der Waals surface area contributed by atoms with Gasteiger partial charge in [-0.05, 0) is 18.1 Å². The van der Waals surface area contributed by atoms with Crippen molar-refractivity contribution in [1.82, 2.24) is 0 Å². The first-order valence-corrected chi connectivity index (χ1v) is 8.08. The fourth-order valence-corrected chi connectivity index (χ4v) is 4.83. The summed E-state index contributed by atoms with van der Waals surface area (Å²) in [5.41, 5.74) is 7.54. The van der Waals surface area contributed by atoms with Crippen LogP contribution in [0.2, 0.25) is 0 Å². The van der Waals surface area contributed by atoms with Gasteiger partial charge in [-0.3, -0.25) is 0 Å². The minimum Gasteiger partial charge on any atom is -0.496 e. The maximum Gasteiger partial charge on any atom is 0.122 e. The molecule has 0 amide bonds. The zero-order chi connectivity index (χ0) is 12.1. The predicted molar refractivity (Wildman–Crippen MR) is 78.2 cm³/mol. The van der Waals surface area contributed by atoms with E-state index in [4.69, 9.17) is 10.5 Å². The van der Waals surface area contributed by atoms with E-state index in [9.17, 15) is 0 Å². The van der Waals surface area contributed by atoms with Crippen LogP contribution in [0.1, 0.15) is 5.56 Å². The molecule has 0 spiro atoms. The van der Waals surface area contributed by atoms with Crippen LogP contribution in [0.5, 0.6) is 5.75 Å². The number of methoxy groups -OCH3 is 1. The zero-order valence-electron chi connectivity index (χ0n) is 10.1. The molecule has 2 atom stereocenters. The molecule has 1 aliphatic heterocycles. The van der Waals surface area contributed by atoms with E-state index in [1.165, 1.54) is 22.8 Å². The molecule has 1 saturated heterocycles. The first-order chi connectivity index (χ1) is 8.31. The maximum atomic E-state index is 6.31. The Kier molecular flexibility index (Phi) is 5.07. The molecule has 4 heteroatoms. The minimum atomic E-state index is 0.226. The molecule has 1 aromatic rings. The van der Waals surface area contributed by atoms with Gasteiger partial charge in [-0.1, -0.05) is 18.2 Å². The summed E-state index contributed by atoms with van der Waals surface area (Å²) in [5.74, 6) is 4.63. The molecule has 1 aliphatic rings. The summed E-state index contributed by atoms with van der Waals surface area (Å²) in [6, 6.07) is 8.39. The van der Waals surface area contributed by atoms with Gasteiger partial charge in [-0.15, -0.1) is 0 Å². The van der Waals surface area contributed by atoms with E-state index in [0.717, 1.165) is 12.2 Å². The SMILES string of the molecule is COc1ccccc1CC(N)C1CSCCS1. The van der Waals surface area contributed by atoms with Crippen molar-refractivity contribution in [2.75, 3.05) is 24.4 Å². The fourth-order valence-electron chi connectivity index (χ4n) is 2.01. The summed E-state index contributed by atoms with van der Waals surface area (Å²) in [5, 5.41) is 0.582. The Bertz CT molecular complexity index is 353. The molecule has 0 aliphatic carbocycles. The van der Waals surface area contributed by atoms with E-state index in [1.54, 1.807) is 7.11 Å². The van der Waals surface area contributed by atoms with Crippen molar-refractivity contribution in [3.63, 3.8) is 0 Å². The third-order valence-electron chi connectivity index (χ3n) is 2.97. The van der Waals surface area contributed by atoms with Gasteiger partial charge >= 0.3 is 0 Å². The van der Waals surface area contributed by atoms with Gasteiger partial charge in [-0.2, -0.15) is 23.5 Å². The van der Waals surface area contributed by atoms with Crippen LogP contribution in [0.4, 0.5) is 0 Å². The number of hydrogen-bond acceptors (Lipinski definition) is 4. The third-order valence-corrected chi connectivity index (χ3v) is 5.91. The van der Waals surface area contributed by atoms with Crippen LogP contribution >= 0.6 is 23.5 Å². The van der Waals surface area contributed by atoms with E-state index in [-0.39, 0.29) is 6.04 Å². The summed E-state index contributed by atoms with van der Waals surface area (Å²) in [7, 11) is 1.72. The lowest BCUT2D eigenvalue weighted by atomic mass is 10.0. The molecule has 2 unspecified atom stereocenters. The number of para-hydroxylation sites is 1. The van der Waals surface area contributed by atoms with E-state index < -0.39 is 0 Å². The predicted octanol–water partition coefficient (Wildman–Crippen LogP) is 2.41. The van der Waals surface area contributed by atoms with E-state index in [2.05, 4.69) is 6.07 Å². The largest absolute Gasteiger partial charge is 0.496 e. The molecule has 1 fully saturated rings. The van der Waals surface area contributed by atoms with Crippen molar-refractivity contribution in [3.05, 3.63) is 29.8 Å². The first-order valence-electron chi connectivity index (χ1n) is 5.88. The van der Waals surface area contributed by atoms with Gasteiger partial charge in [0.15, 0.2) is 0 Å². The van der Waals surface area contributed by atoms with Crippen LogP contribution in [0.3, 0.4) is 0 Å². The van der Waals surface area contributed by atoms with Crippen molar-refractivity contribution in [1.29, 1.82) is 0 Å². The number of hydrogen-bond donors (Lipinski definition) is 1. The highest BCUT2D eigenvalue weighted by Crippen LogP contribution is 2.28. The van der Waals surface area contributed by atoms with Crippen LogP contribution < -0.4 is 10.5 Å². The lowest BCUT2D eigenvalue weighted by molar-refractivity contribution is 0.408. The molecular weight excluding hydrogens is 250 g/mol. The van der Waals surface area contributed by atoms with Gasteiger partial charge in [0.2, 0.25) is 0 Å². The Balaban J connectivity index is 1.99. The molecule has 0 saturated carbocycles.